The minimum Gasteiger partial charge on any atom is -0.496 e. The number of ether oxygens (including phenoxy) is 1. The van der Waals surface area contributed by atoms with Crippen LogP contribution in [-0.4, -0.2) is 31.0 Å². The molecular weight excluding hydrogens is 248 g/mol. The van der Waals surface area contributed by atoms with Crippen LogP contribution < -0.4 is 4.74 Å². The largest absolute Gasteiger partial charge is 0.496 e. The zero-order valence-electron chi connectivity index (χ0n) is 10.6. The summed E-state index contributed by atoms with van der Waals surface area (Å²) in [5.41, 5.74) is -0.274. The molecule has 1 amide bonds. The minimum absolute atomic E-state index is 0.0447. The van der Waals surface area contributed by atoms with E-state index in [1.807, 2.05) is 17.2 Å². The van der Waals surface area contributed by atoms with Gasteiger partial charge in [0.2, 0.25) is 0 Å². The van der Waals surface area contributed by atoms with Crippen LogP contribution in [0.3, 0.4) is 0 Å². The van der Waals surface area contributed by atoms with Crippen molar-refractivity contribution in [2.75, 3.05) is 20.2 Å². The molecule has 0 N–H and O–H groups in total. The van der Waals surface area contributed by atoms with E-state index in [0.29, 0.717) is 18.0 Å². The highest BCUT2D eigenvalue weighted by atomic mass is 32.1. The number of piperidine rings is 1. The fraction of sp³-hybridized carbons (Fsp3) is 0.538. The molecule has 0 aromatic carbocycles. The molecular formula is C13H16N2O2S. The summed E-state index contributed by atoms with van der Waals surface area (Å²) in [5, 5.41) is 10.9. The fourth-order valence-electron chi connectivity index (χ4n) is 2.01. The van der Waals surface area contributed by atoms with Gasteiger partial charge >= 0.3 is 0 Å². The molecule has 18 heavy (non-hydrogen) atoms. The van der Waals surface area contributed by atoms with Crippen LogP contribution in [0.2, 0.25) is 0 Å². The lowest BCUT2D eigenvalue weighted by Crippen LogP contribution is -2.41. The molecule has 96 valence electrons. The fourth-order valence-corrected chi connectivity index (χ4v) is 2.83. The number of carbonyl (C=O) groups excluding carboxylic acids is 1. The number of rotatable bonds is 2. The van der Waals surface area contributed by atoms with Gasteiger partial charge in [0.15, 0.2) is 0 Å². The van der Waals surface area contributed by atoms with Gasteiger partial charge in [-0.3, -0.25) is 4.79 Å². The number of carbonyl (C=O) groups is 1. The first-order valence-corrected chi connectivity index (χ1v) is 6.79. The maximum Gasteiger partial charge on any atom is 0.264 e. The Morgan fingerprint density at radius 3 is 2.72 bits per heavy atom. The number of amides is 1. The van der Waals surface area contributed by atoms with E-state index >= 15 is 0 Å². The van der Waals surface area contributed by atoms with Gasteiger partial charge in [0.1, 0.15) is 5.75 Å². The van der Waals surface area contributed by atoms with Crippen LogP contribution in [-0.2, 0) is 0 Å². The molecule has 1 aliphatic rings. The third-order valence-corrected chi connectivity index (χ3v) is 4.34. The third kappa shape index (κ3) is 2.49. The predicted octanol–water partition coefficient (Wildman–Crippen LogP) is 2.52. The molecule has 0 bridgehead atoms. The van der Waals surface area contributed by atoms with E-state index in [2.05, 4.69) is 6.07 Å². The van der Waals surface area contributed by atoms with Crippen molar-refractivity contribution < 1.29 is 9.53 Å². The Hall–Kier alpha value is -1.54. The van der Waals surface area contributed by atoms with Crippen molar-refractivity contribution in [2.45, 2.75) is 19.8 Å². The molecule has 0 saturated carbocycles. The quantitative estimate of drug-likeness (QED) is 0.824. The zero-order chi connectivity index (χ0) is 13.2. The maximum absolute atomic E-state index is 12.2. The van der Waals surface area contributed by atoms with Crippen molar-refractivity contribution in [1.29, 1.82) is 5.26 Å². The standard InChI is InChI=1S/C13H16N2O2S/c1-13(9-14)3-5-15(6-4-13)12(16)11-7-10(17-2)8-18-11/h7-8H,3-6H2,1-2H3. The van der Waals surface area contributed by atoms with Gasteiger partial charge in [0, 0.05) is 24.5 Å². The Labute approximate surface area is 111 Å². The second kappa shape index (κ2) is 4.99. The molecule has 1 aliphatic heterocycles. The van der Waals surface area contributed by atoms with E-state index in [-0.39, 0.29) is 11.3 Å². The Bertz CT molecular complexity index is 481. The lowest BCUT2D eigenvalue weighted by atomic mass is 9.82. The molecule has 0 atom stereocenters. The monoisotopic (exact) mass is 264 g/mol. The second-order valence-corrected chi connectivity index (χ2v) is 5.73. The first-order valence-electron chi connectivity index (χ1n) is 5.91. The van der Waals surface area contributed by atoms with Crippen LogP contribution in [0.1, 0.15) is 29.4 Å². The summed E-state index contributed by atoms with van der Waals surface area (Å²) in [6.07, 6.45) is 1.50. The Morgan fingerprint density at radius 2 is 2.22 bits per heavy atom. The summed E-state index contributed by atoms with van der Waals surface area (Å²) in [7, 11) is 1.59. The van der Waals surface area contributed by atoms with Gasteiger partial charge in [-0.05, 0) is 19.8 Å². The normalized spacial score (nSPS) is 18.2. The van der Waals surface area contributed by atoms with Crippen molar-refractivity contribution in [1.82, 2.24) is 4.90 Å². The molecule has 0 aliphatic carbocycles. The maximum atomic E-state index is 12.2. The number of nitriles is 1. The molecule has 4 nitrogen and oxygen atoms in total. The molecule has 0 radical (unpaired) electrons. The van der Waals surface area contributed by atoms with Crippen molar-refractivity contribution in [2.24, 2.45) is 5.41 Å². The van der Waals surface area contributed by atoms with Crippen molar-refractivity contribution >= 4 is 17.2 Å². The SMILES string of the molecule is COc1csc(C(=O)N2CCC(C)(C#N)CC2)c1. The Kier molecular flexibility index (Phi) is 3.58. The van der Waals surface area contributed by atoms with Crippen molar-refractivity contribution in [3.63, 3.8) is 0 Å². The van der Waals surface area contributed by atoms with Crippen LogP contribution in [0.5, 0.6) is 5.75 Å². The molecule has 1 fully saturated rings. The second-order valence-electron chi connectivity index (χ2n) is 4.82. The van der Waals surface area contributed by atoms with Gasteiger partial charge in [-0.15, -0.1) is 11.3 Å². The first-order chi connectivity index (χ1) is 8.58. The summed E-state index contributed by atoms with van der Waals surface area (Å²) in [5.74, 6) is 0.769. The van der Waals surface area contributed by atoms with Crippen molar-refractivity contribution in [3.05, 3.63) is 16.3 Å². The van der Waals surface area contributed by atoms with Crippen LogP contribution >= 0.6 is 11.3 Å². The predicted molar refractivity (Wildman–Crippen MR) is 69.7 cm³/mol. The lowest BCUT2D eigenvalue weighted by molar-refractivity contribution is 0.0666. The van der Waals surface area contributed by atoms with Gasteiger partial charge in [-0.2, -0.15) is 5.26 Å². The number of likely N-dealkylation sites (tertiary alicyclic amines) is 1. The molecule has 0 unspecified atom stereocenters. The number of nitrogens with zero attached hydrogens (tertiary/aromatic N) is 2. The van der Waals surface area contributed by atoms with Gasteiger partial charge in [0.25, 0.3) is 5.91 Å². The number of hydrogen-bond donors (Lipinski definition) is 0. The van der Waals surface area contributed by atoms with Gasteiger partial charge < -0.3 is 9.64 Å². The van der Waals surface area contributed by atoms with Crippen molar-refractivity contribution in [3.8, 4) is 11.8 Å². The highest BCUT2D eigenvalue weighted by Crippen LogP contribution is 2.31. The van der Waals surface area contributed by atoms with E-state index in [4.69, 9.17) is 10.00 Å². The van der Waals surface area contributed by atoms with E-state index in [9.17, 15) is 4.79 Å². The van der Waals surface area contributed by atoms with Crippen LogP contribution in [0.4, 0.5) is 0 Å². The Balaban J connectivity index is 2.02. The van der Waals surface area contributed by atoms with E-state index < -0.39 is 0 Å². The molecule has 2 rings (SSSR count). The average Bonchev–Trinajstić information content (AvgIpc) is 2.87. The van der Waals surface area contributed by atoms with Gasteiger partial charge in [-0.25, -0.2) is 0 Å². The van der Waals surface area contributed by atoms with Gasteiger partial charge in [-0.1, -0.05) is 0 Å². The highest BCUT2D eigenvalue weighted by molar-refractivity contribution is 7.12. The Morgan fingerprint density at radius 1 is 1.56 bits per heavy atom. The molecule has 5 heteroatoms. The first kappa shape index (κ1) is 12.9. The van der Waals surface area contributed by atoms with E-state index in [1.165, 1.54) is 11.3 Å². The number of thiophene rings is 1. The third-order valence-electron chi connectivity index (χ3n) is 3.45. The average molecular weight is 264 g/mol. The molecule has 1 saturated heterocycles. The summed E-state index contributed by atoms with van der Waals surface area (Å²) >= 11 is 1.40. The minimum atomic E-state index is -0.274. The van der Waals surface area contributed by atoms with Crippen LogP contribution in [0.25, 0.3) is 0 Å². The topological polar surface area (TPSA) is 53.3 Å². The van der Waals surface area contributed by atoms with Crippen LogP contribution in [0.15, 0.2) is 11.4 Å². The summed E-state index contributed by atoms with van der Waals surface area (Å²) in [4.78, 5) is 14.8. The number of hydrogen-bond acceptors (Lipinski definition) is 4. The molecule has 1 aromatic heterocycles. The van der Waals surface area contributed by atoms with E-state index in [1.54, 1.807) is 13.2 Å². The summed E-state index contributed by atoms with van der Waals surface area (Å²) in [6.45, 7) is 3.27. The summed E-state index contributed by atoms with van der Waals surface area (Å²) in [6, 6.07) is 4.11. The lowest BCUT2D eigenvalue weighted by Gasteiger charge is -2.34. The zero-order valence-corrected chi connectivity index (χ0v) is 11.4. The van der Waals surface area contributed by atoms with E-state index in [0.717, 1.165) is 18.6 Å². The highest BCUT2D eigenvalue weighted by Gasteiger charge is 2.32. The smallest absolute Gasteiger partial charge is 0.264 e. The summed E-state index contributed by atoms with van der Waals surface area (Å²) < 4.78 is 5.08. The number of methoxy groups -OCH3 is 1. The van der Waals surface area contributed by atoms with Gasteiger partial charge in [0.05, 0.1) is 23.5 Å². The molecule has 0 spiro atoms. The molecule has 2 heterocycles. The molecule has 1 aromatic rings. The van der Waals surface area contributed by atoms with Crippen LogP contribution in [0, 0.1) is 16.7 Å².